The van der Waals surface area contributed by atoms with E-state index in [1.807, 2.05) is 0 Å². The average molecular weight is 577 g/mol. The Labute approximate surface area is 226 Å². The van der Waals surface area contributed by atoms with E-state index in [4.69, 9.17) is 0 Å². The zero-order chi connectivity index (χ0) is 28.2. The van der Waals surface area contributed by atoms with Crippen molar-refractivity contribution in [2.45, 2.75) is 50.0 Å². The minimum atomic E-state index is -4.37. The Morgan fingerprint density at radius 3 is 2.49 bits per heavy atom. The molecule has 0 spiro atoms. The van der Waals surface area contributed by atoms with E-state index in [-0.39, 0.29) is 52.4 Å². The zero-order valence-electron chi connectivity index (χ0n) is 21.4. The SMILES string of the molecule is CC1(Cc2ccc(F)cc2)CN(C2CCCC2)C(=O)C(C2=NS(=O)(=O)c3cc(NS(C)(=O)=O)ccc3N2)=C1O. The summed E-state index contributed by atoms with van der Waals surface area (Å²) < 4.78 is 69.3. The van der Waals surface area contributed by atoms with E-state index in [1.165, 1.54) is 24.3 Å². The summed E-state index contributed by atoms with van der Waals surface area (Å²) in [4.78, 5) is 15.2. The fourth-order valence-corrected chi connectivity index (χ4v) is 7.23. The molecule has 1 saturated carbocycles. The quantitative estimate of drug-likeness (QED) is 0.477. The second-order valence-corrected chi connectivity index (χ2v) is 13.9. The lowest BCUT2D eigenvalue weighted by molar-refractivity contribution is -0.132. The molecule has 3 N–H and O–H groups in total. The number of amidine groups is 1. The molecule has 2 aliphatic heterocycles. The van der Waals surface area contributed by atoms with Gasteiger partial charge >= 0.3 is 0 Å². The van der Waals surface area contributed by atoms with Gasteiger partial charge in [-0.1, -0.05) is 31.9 Å². The van der Waals surface area contributed by atoms with Crippen molar-refractivity contribution in [3.8, 4) is 0 Å². The van der Waals surface area contributed by atoms with Gasteiger partial charge in [0.15, 0.2) is 5.84 Å². The smallest absolute Gasteiger partial charge is 0.286 e. The van der Waals surface area contributed by atoms with Gasteiger partial charge in [-0.15, -0.1) is 4.40 Å². The summed E-state index contributed by atoms with van der Waals surface area (Å²) in [6, 6.07) is 9.70. The van der Waals surface area contributed by atoms with Crippen molar-refractivity contribution in [2.75, 3.05) is 22.8 Å². The maximum atomic E-state index is 13.8. The molecule has 0 saturated heterocycles. The Kier molecular flexibility index (Phi) is 6.70. The third-order valence-electron chi connectivity index (χ3n) is 7.34. The first-order valence-corrected chi connectivity index (χ1v) is 15.8. The largest absolute Gasteiger partial charge is 0.511 e. The van der Waals surface area contributed by atoms with Crippen LogP contribution in [0.1, 0.15) is 38.2 Å². The summed E-state index contributed by atoms with van der Waals surface area (Å²) in [5.74, 6) is -1.51. The fourth-order valence-electron chi connectivity index (χ4n) is 5.53. The number of hydrogen-bond donors (Lipinski definition) is 3. The van der Waals surface area contributed by atoms with Crippen LogP contribution in [0, 0.1) is 11.2 Å². The minimum Gasteiger partial charge on any atom is -0.511 e. The highest BCUT2D eigenvalue weighted by Gasteiger charge is 2.47. The van der Waals surface area contributed by atoms with Crippen molar-refractivity contribution in [3.05, 3.63) is 65.2 Å². The van der Waals surface area contributed by atoms with E-state index in [1.54, 1.807) is 24.0 Å². The molecule has 208 valence electrons. The lowest BCUT2D eigenvalue weighted by Gasteiger charge is -2.43. The number of fused-ring (bicyclic) bond motifs is 1. The van der Waals surface area contributed by atoms with Crippen molar-refractivity contribution < 1.29 is 31.1 Å². The number of carbonyl (C=O) groups is 1. The van der Waals surface area contributed by atoms with Gasteiger partial charge in [-0.05, 0) is 55.2 Å². The number of hydrogen-bond acceptors (Lipinski definition) is 7. The third-order valence-corrected chi connectivity index (χ3v) is 9.26. The molecule has 0 radical (unpaired) electrons. The number of aliphatic hydroxyl groups excluding tert-OH is 1. The summed E-state index contributed by atoms with van der Waals surface area (Å²) in [6.45, 7) is 2.00. The monoisotopic (exact) mass is 576 g/mol. The van der Waals surface area contributed by atoms with E-state index in [0.29, 0.717) is 0 Å². The summed E-state index contributed by atoms with van der Waals surface area (Å²) in [5, 5.41) is 14.4. The molecule has 1 unspecified atom stereocenters. The van der Waals surface area contributed by atoms with Gasteiger partial charge < -0.3 is 15.3 Å². The highest BCUT2D eigenvalue weighted by atomic mass is 32.2. The Morgan fingerprint density at radius 1 is 1.18 bits per heavy atom. The Hall–Kier alpha value is -3.45. The van der Waals surface area contributed by atoms with Gasteiger partial charge in [0.05, 0.1) is 11.9 Å². The summed E-state index contributed by atoms with van der Waals surface area (Å²) >= 11 is 0. The van der Waals surface area contributed by atoms with Gasteiger partial charge in [0, 0.05) is 23.7 Å². The Bertz CT molecular complexity index is 1610. The zero-order valence-corrected chi connectivity index (χ0v) is 23.1. The van der Waals surface area contributed by atoms with E-state index < -0.39 is 37.2 Å². The predicted octanol–water partition coefficient (Wildman–Crippen LogP) is 3.56. The van der Waals surface area contributed by atoms with Crippen LogP contribution < -0.4 is 10.0 Å². The van der Waals surface area contributed by atoms with Crippen LogP contribution in [0.3, 0.4) is 0 Å². The van der Waals surface area contributed by atoms with Crippen LogP contribution in [-0.2, 0) is 31.3 Å². The van der Waals surface area contributed by atoms with Crippen LogP contribution in [0.4, 0.5) is 15.8 Å². The first-order chi connectivity index (χ1) is 18.3. The average Bonchev–Trinajstić information content (AvgIpc) is 3.37. The van der Waals surface area contributed by atoms with Gasteiger partial charge in [0.2, 0.25) is 10.0 Å². The van der Waals surface area contributed by atoms with Gasteiger partial charge in [0.25, 0.3) is 15.9 Å². The Balaban J connectivity index is 1.59. The van der Waals surface area contributed by atoms with Gasteiger partial charge in [-0.25, -0.2) is 12.8 Å². The number of aliphatic hydroxyl groups is 1. The molecule has 10 nitrogen and oxygen atoms in total. The van der Waals surface area contributed by atoms with Gasteiger partial charge in [-0.2, -0.15) is 8.42 Å². The summed E-state index contributed by atoms with van der Waals surface area (Å²) in [7, 11) is -8.02. The second-order valence-electron chi connectivity index (χ2n) is 10.6. The van der Waals surface area contributed by atoms with Crippen LogP contribution >= 0.6 is 0 Å². The second kappa shape index (κ2) is 9.63. The number of halogens is 1. The molecule has 1 aliphatic carbocycles. The summed E-state index contributed by atoms with van der Waals surface area (Å²) in [6.07, 6.45) is 4.72. The number of nitrogens with one attached hydrogen (secondary N) is 2. The highest BCUT2D eigenvalue weighted by Crippen LogP contribution is 2.42. The first-order valence-electron chi connectivity index (χ1n) is 12.5. The maximum Gasteiger partial charge on any atom is 0.286 e. The van der Waals surface area contributed by atoms with E-state index in [2.05, 4.69) is 14.4 Å². The topological polar surface area (TPSA) is 145 Å². The van der Waals surface area contributed by atoms with Crippen molar-refractivity contribution >= 4 is 43.2 Å². The molecule has 2 aromatic carbocycles. The van der Waals surface area contributed by atoms with Crippen LogP contribution in [-0.4, -0.2) is 57.4 Å². The van der Waals surface area contributed by atoms with Crippen LogP contribution in [0.2, 0.25) is 0 Å². The molecular weight excluding hydrogens is 547 g/mol. The lowest BCUT2D eigenvalue weighted by atomic mass is 9.76. The number of carbonyl (C=O) groups excluding carboxylic acids is 1. The molecule has 1 atom stereocenters. The van der Waals surface area contributed by atoms with Crippen LogP contribution in [0.5, 0.6) is 0 Å². The third kappa shape index (κ3) is 5.37. The number of nitrogens with zero attached hydrogens (tertiary/aromatic N) is 2. The normalized spacial score (nSPS) is 23.3. The van der Waals surface area contributed by atoms with Crippen molar-refractivity contribution in [3.63, 3.8) is 0 Å². The number of benzene rings is 2. The molecule has 2 aromatic rings. The number of rotatable bonds is 6. The van der Waals surface area contributed by atoms with Crippen molar-refractivity contribution in [1.29, 1.82) is 0 Å². The van der Waals surface area contributed by atoms with E-state index >= 15 is 0 Å². The molecule has 1 fully saturated rings. The van der Waals surface area contributed by atoms with Gasteiger partial charge in [-0.3, -0.25) is 9.52 Å². The van der Waals surface area contributed by atoms with Crippen molar-refractivity contribution in [2.24, 2.45) is 9.81 Å². The van der Waals surface area contributed by atoms with Crippen LogP contribution in [0.25, 0.3) is 0 Å². The number of sulfonamides is 2. The number of anilines is 2. The fraction of sp³-hybridized carbons (Fsp3) is 0.385. The highest BCUT2D eigenvalue weighted by molar-refractivity contribution is 7.92. The summed E-state index contributed by atoms with van der Waals surface area (Å²) in [5.41, 5.74) is -0.361. The molecule has 2 heterocycles. The molecule has 1 amide bonds. The van der Waals surface area contributed by atoms with Gasteiger partial charge in [0.1, 0.15) is 22.0 Å². The molecule has 39 heavy (non-hydrogen) atoms. The van der Waals surface area contributed by atoms with E-state index in [9.17, 15) is 31.1 Å². The van der Waals surface area contributed by atoms with Crippen molar-refractivity contribution in [1.82, 2.24) is 4.90 Å². The van der Waals surface area contributed by atoms with Crippen LogP contribution in [0.15, 0.2) is 63.1 Å². The first kappa shape index (κ1) is 27.1. The molecule has 0 bridgehead atoms. The molecular formula is C26H29FN4O6S2. The predicted molar refractivity (Wildman–Crippen MR) is 145 cm³/mol. The standard InChI is InChI=1S/C26H29FN4O6S2/c1-26(14-16-7-9-17(27)10-8-16)15-31(19-5-3-4-6-19)25(33)22(23(26)32)24-28-20-12-11-18(29-38(2,34)35)13-21(20)39(36,37)30-24/h7-13,19,29,32H,3-6,14-15H2,1-2H3,(H,28,30). The van der Waals surface area contributed by atoms with E-state index in [0.717, 1.165) is 43.6 Å². The molecule has 5 rings (SSSR count). The Morgan fingerprint density at radius 2 is 1.85 bits per heavy atom. The molecule has 3 aliphatic rings. The minimum absolute atomic E-state index is 0.0374. The molecule has 0 aromatic heterocycles. The lowest BCUT2D eigenvalue weighted by Crippen LogP contribution is -2.53. The molecule has 13 heteroatoms. The number of amides is 1. The maximum absolute atomic E-state index is 13.8.